The summed E-state index contributed by atoms with van der Waals surface area (Å²) in [5.41, 5.74) is -0.841. The molecule has 9 heteroatoms. The highest BCUT2D eigenvalue weighted by Crippen LogP contribution is 2.35. The van der Waals surface area contributed by atoms with Gasteiger partial charge in [0, 0.05) is 25.1 Å². The lowest BCUT2D eigenvalue weighted by Gasteiger charge is -2.21. The van der Waals surface area contributed by atoms with Crippen LogP contribution in [0.25, 0.3) is 0 Å². The first-order valence-corrected chi connectivity index (χ1v) is 8.73. The smallest absolute Gasteiger partial charge is 0.338 e. The second-order valence-electron chi connectivity index (χ2n) is 6.48. The molecule has 1 unspecified atom stereocenters. The minimum absolute atomic E-state index is 0.0821. The standard InChI is InChI=1S/C19H20N2O7/c1-11-14(10-26-18(24)13-6-4-3-5-7-13)28-17(16(11)27-12(2)22)21-9-8-15(23)20-19(21)25/h3-9,11,14,16-17H,10H2,1-2H3,(H,20,23,25)/t11-,14+,16?,17+/m0/s1. The first kappa shape index (κ1) is 19.6. The topological polar surface area (TPSA) is 117 Å². The minimum Gasteiger partial charge on any atom is -0.459 e. The molecule has 0 bridgehead atoms. The molecule has 0 saturated carbocycles. The Morgan fingerprint density at radius 3 is 2.54 bits per heavy atom. The van der Waals surface area contributed by atoms with Gasteiger partial charge in [0.1, 0.15) is 12.7 Å². The molecular weight excluding hydrogens is 368 g/mol. The van der Waals surface area contributed by atoms with Crippen LogP contribution >= 0.6 is 0 Å². The van der Waals surface area contributed by atoms with Crippen molar-refractivity contribution in [3.8, 4) is 0 Å². The maximum absolute atomic E-state index is 12.2. The lowest BCUT2D eigenvalue weighted by atomic mass is 10.0. The average molecular weight is 388 g/mol. The van der Waals surface area contributed by atoms with Gasteiger partial charge >= 0.3 is 17.6 Å². The molecule has 1 aromatic carbocycles. The Hall–Kier alpha value is -3.20. The maximum Gasteiger partial charge on any atom is 0.338 e. The summed E-state index contributed by atoms with van der Waals surface area (Å²) in [7, 11) is 0. The number of hydrogen-bond acceptors (Lipinski definition) is 7. The number of hydrogen-bond donors (Lipinski definition) is 1. The van der Waals surface area contributed by atoms with E-state index in [9.17, 15) is 19.2 Å². The van der Waals surface area contributed by atoms with Gasteiger partial charge in [0.15, 0.2) is 12.3 Å². The van der Waals surface area contributed by atoms with Gasteiger partial charge in [0.05, 0.1) is 5.56 Å². The Morgan fingerprint density at radius 1 is 1.18 bits per heavy atom. The van der Waals surface area contributed by atoms with E-state index in [4.69, 9.17) is 14.2 Å². The largest absolute Gasteiger partial charge is 0.459 e. The monoisotopic (exact) mass is 388 g/mol. The van der Waals surface area contributed by atoms with Crippen molar-refractivity contribution in [2.45, 2.75) is 32.3 Å². The van der Waals surface area contributed by atoms with E-state index in [2.05, 4.69) is 4.98 Å². The van der Waals surface area contributed by atoms with E-state index in [-0.39, 0.29) is 12.5 Å². The molecule has 1 aliphatic rings. The van der Waals surface area contributed by atoms with Crippen LogP contribution in [-0.2, 0) is 19.0 Å². The van der Waals surface area contributed by atoms with Crippen molar-refractivity contribution in [1.82, 2.24) is 9.55 Å². The molecule has 1 fully saturated rings. The summed E-state index contributed by atoms with van der Waals surface area (Å²) in [6.07, 6.45) is -1.08. The highest BCUT2D eigenvalue weighted by molar-refractivity contribution is 5.89. The number of esters is 2. The van der Waals surface area contributed by atoms with E-state index in [0.717, 1.165) is 4.57 Å². The fraction of sp³-hybridized carbons (Fsp3) is 0.368. The van der Waals surface area contributed by atoms with Crippen molar-refractivity contribution < 1.29 is 23.8 Å². The lowest BCUT2D eigenvalue weighted by Crippen LogP contribution is -2.37. The number of ether oxygens (including phenoxy) is 3. The SMILES string of the molecule is CC(=O)OC1[C@@H](C)[C@@H](COC(=O)c2ccccc2)O[C@H]1n1ccc(=O)[nH]c1=O. The van der Waals surface area contributed by atoms with Gasteiger partial charge in [-0.3, -0.25) is 19.1 Å². The second kappa shape index (κ2) is 8.22. The van der Waals surface area contributed by atoms with E-state index in [1.807, 2.05) is 0 Å². The Bertz CT molecular complexity index is 966. The van der Waals surface area contributed by atoms with E-state index < -0.39 is 41.6 Å². The highest BCUT2D eigenvalue weighted by Gasteiger charge is 2.46. The molecule has 3 rings (SSSR count). The third kappa shape index (κ3) is 4.20. The zero-order valence-electron chi connectivity index (χ0n) is 15.4. The van der Waals surface area contributed by atoms with Gasteiger partial charge in [-0.2, -0.15) is 0 Å². The van der Waals surface area contributed by atoms with Crippen molar-refractivity contribution in [3.05, 3.63) is 69.0 Å². The minimum atomic E-state index is -0.955. The number of aromatic nitrogens is 2. The quantitative estimate of drug-likeness (QED) is 0.755. The summed E-state index contributed by atoms with van der Waals surface area (Å²) in [6, 6.07) is 9.66. The molecule has 0 amide bonds. The number of carbonyl (C=O) groups excluding carboxylic acids is 2. The van der Waals surface area contributed by atoms with Crippen molar-refractivity contribution in [2.24, 2.45) is 5.92 Å². The van der Waals surface area contributed by atoms with E-state index in [0.29, 0.717) is 5.56 Å². The molecule has 28 heavy (non-hydrogen) atoms. The summed E-state index contributed by atoms with van der Waals surface area (Å²) >= 11 is 0. The van der Waals surface area contributed by atoms with E-state index in [1.165, 1.54) is 19.2 Å². The number of nitrogens with one attached hydrogen (secondary N) is 1. The molecular formula is C19H20N2O7. The van der Waals surface area contributed by atoms with Crippen molar-refractivity contribution in [3.63, 3.8) is 0 Å². The Morgan fingerprint density at radius 2 is 1.89 bits per heavy atom. The fourth-order valence-corrected chi connectivity index (χ4v) is 3.07. The first-order chi connectivity index (χ1) is 13.4. The van der Waals surface area contributed by atoms with Crippen LogP contribution in [0.2, 0.25) is 0 Å². The highest BCUT2D eigenvalue weighted by atomic mass is 16.6. The zero-order chi connectivity index (χ0) is 20.3. The predicted octanol–water partition coefficient (Wildman–Crippen LogP) is 0.859. The fourth-order valence-electron chi connectivity index (χ4n) is 3.07. The summed E-state index contributed by atoms with van der Waals surface area (Å²) < 4.78 is 17.7. The van der Waals surface area contributed by atoms with Crippen LogP contribution in [0.5, 0.6) is 0 Å². The van der Waals surface area contributed by atoms with E-state index in [1.54, 1.807) is 37.3 Å². The third-order valence-electron chi connectivity index (χ3n) is 4.52. The Balaban J connectivity index is 1.78. The molecule has 1 N–H and O–H groups in total. The molecule has 0 aliphatic carbocycles. The summed E-state index contributed by atoms with van der Waals surface area (Å²) in [4.78, 5) is 49.2. The van der Waals surface area contributed by atoms with Crippen LogP contribution in [0.1, 0.15) is 30.4 Å². The number of H-pyrrole nitrogens is 1. The van der Waals surface area contributed by atoms with Crippen molar-refractivity contribution in [2.75, 3.05) is 6.61 Å². The molecule has 2 heterocycles. The summed E-state index contributed by atoms with van der Waals surface area (Å²) in [6.45, 7) is 2.94. The van der Waals surface area contributed by atoms with Gasteiger partial charge in [-0.05, 0) is 12.1 Å². The lowest BCUT2D eigenvalue weighted by molar-refractivity contribution is -0.153. The molecule has 0 radical (unpaired) electrons. The molecule has 1 aromatic heterocycles. The second-order valence-corrected chi connectivity index (χ2v) is 6.48. The van der Waals surface area contributed by atoms with E-state index >= 15 is 0 Å². The van der Waals surface area contributed by atoms with Gasteiger partial charge in [-0.25, -0.2) is 9.59 Å². The molecule has 0 spiro atoms. The molecule has 2 aromatic rings. The predicted molar refractivity (Wildman–Crippen MR) is 96.7 cm³/mol. The zero-order valence-corrected chi connectivity index (χ0v) is 15.4. The number of nitrogens with zero attached hydrogens (tertiary/aromatic N) is 1. The third-order valence-corrected chi connectivity index (χ3v) is 4.52. The van der Waals surface area contributed by atoms with Crippen LogP contribution in [0.3, 0.4) is 0 Å². The molecule has 1 aliphatic heterocycles. The Labute approximate surface area is 159 Å². The summed E-state index contributed by atoms with van der Waals surface area (Å²) in [5.74, 6) is -1.41. The van der Waals surface area contributed by atoms with Gasteiger partial charge in [0.2, 0.25) is 0 Å². The maximum atomic E-state index is 12.2. The van der Waals surface area contributed by atoms with Crippen LogP contribution in [-0.4, -0.2) is 40.3 Å². The number of benzene rings is 1. The number of carbonyl (C=O) groups is 2. The number of aromatic amines is 1. The molecule has 1 saturated heterocycles. The van der Waals surface area contributed by atoms with Gasteiger partial charge in [-0.1, -0.05) is 25.1 Å². The van der Waals surface area contributed by atoms with Gasteiger partial charge < -0.3 is 14.2 Å². The molecule has 9 nitrogen and oxygen atoms in total. The average Bonchev–Trinajstić information content (AvgIpc) is 2.96. The van der Waals surface area contributed by atoms with Gasteiger partial charge in [0.25, 0.3) is 5.56 Å². The first-order valence-electron chi connectivity index (χ1n) is 8.73. The Kier molecular flexibility index (Phi) is 5.74. The van der Waals surface area contributed by atoms with Crippen LogP contribution in [0.4, 0.5) is 0 Å². The van der Waals surface area contributed by atoms with Crippen LogP contribution < -0.4 is 11.2 Å². The number of rotatable bonds is 5. The summed E-state index contributed by atoms with van der Waals surface area (Å²) in [5, 5.41) is 0. The normalized spacial score (nSPS) is 23.9. The van der Waals surface area contributed by atoms with Crippen molar-refractivity contribution in [1.29, 1.82) is 0 Å². The van der Waals surface area contributed by atoms with Gasteiger partial charge in [-0.15, -0.1) is 0 Å². The van der Waals surface area contributed by atoms with Crippen LogP contribution in [0.15, 0.2) is 52.2 Å². The molecule has 148 valence electrons. The molecule has 4 atom stereocenters. The van der Waals surface area contributed by atoms with Crippen LogP contribution in [0, 0.1) is 5.92 Å². The van der Waals surface area contributed by atoms with Crippen molar-refractivity contribution >= 4 is 11.9 Å².